The van der Waals surface area contributed by atoms with Crippen molar-refractivity contribution in [2.75, 3.05) is 13.2 Å². The lowest BCUT2D eigenvalue weighted by Gasteiger charge is -2.37. The van der Waals surface area contributed by atoms with Crippen LogP contribution in [0.1, 0.15) is 54.9 Å². The number of aliphatic hydroxyl groups is 1. The summed E-state index contributed by atoms with van der Waals surface area (Å²) < 4.78 is 17.0. The zero-order valence-electron chi connectivity index (χ0n) is 16.5. The molecule has 0 bridgehead atoms. The van der Waals surface area contributed by atoms with Crippen LogP contribution in [-0.2, 0) is 14.2 Å². The van der Waals surface area contributed by atoms with E-state index in [4.69, 9.17) is 14.2 Å². The van der Waals surface area contributed by atoms with E-state index >= 15 is 0 Å². The molecular weight excluding hydrogens is 322 g/mol. The average Bonchev–Trinajstić information content (AvgIpc) is 3.13. The molecule has 6 nitrogen and oxygen atoms in total. The first kappa shape index (κ1) is 20.2. The van der Waals surface area contributed by atoms with E-state index in [0.717, 1.165) is 0 Å². The van der Waals surface area contributed by atoms with E-state index in [0.29, 0.717) is 31.1 Å². The van der Waals surface area contributed by atoms with E-state index in [1.807, 2.05) is 34.6 Å². The van der Waals surface area contributed by atoms with Gasteiger partial charge in [0.25, 0.3) is 0 Å². The number of nitrogens with one attached hydrogen (secondary N) is 1. The van der Waals surface area contributed by atoms with Crippen LogP contribution < -0.4 is 5.32 Å². The highest BCUT2D eigenvalue weighted by Gasteiger charge is 2.55. The number of hydrogen-bond acceptors (Lipinski definition) is 5. The second kappa shape index (κ2) is 6.89. The molecule has 0 aromatic heterocycles. The van der Waals surface area contributed by atoms with Gasteiger partial charge in [0.1, 0.15) is 11.7 Å². The smallest absolute Gasteiger partial charge is 0.407 e. The molecule has 2 rings (SSSR count). The Labute approximate surface area is 150 Å². The van der Waals surface area contributed by atoms with Crippen molar-refractivity contribution < 1.29 is 24.1 Å². The number of hydrogen-bond donors (Lipinski definition) is 2. The number of aliphatic hydroxyl groups excluding tert-OH is 1. The molecule has 25 heavy (non-hydrogen) atoms. The summed E-state index contributed by atoms with van der Waals surface area (Å²) in [7, 11) is 0. The Morgan fingerprint density at radius 2 is 1.88 bits per heavy atom. The van der Waals surface area contributed by atoms with Crippen LogP contribution in [0.4, 0.5) is 4.79 Å². The minimum Gasteiger partial charge on any atom is -0.444 e. The van der Waals surface area contributed by atoms with Crippen LogP contribution in [0.25, 0.3) is 0 Å². The Morgan fingerprint density at radius 1 is 1.32 bits per heavy atom. The van der Waals surface area contributed by atoms with Crippen molar-refractivity contribution in [3.8, 4) is 0 Å². The highest BCUT2D eigenvalue weighted by Crippen LogP contribution is 2.47. The minimum atomic E-state index is -0.889. The number of carbonyl (C=O) groups is 1. The van der Waals surface area contributed by atoms with Crippen molar-refractivity contribution in [3.05, 3.63) is 11.6 Å². The van der Waals surface area contributed by atoms with Crippen molar-refractivity contribution in [2.45, 2.75) is 78.4 Å². The fraction of sp³-hybridized carbons (Fsp3) is 0.842. The minimum absolute atomic E-state index is 0.0379. The summed E-state index contributed by atoms with van der Waals surface area (Å²) in [5.41, 5.74) is 0.0624. The van der Waals surface area contributed by atoms with Crippen molar-refractivity contribution in [1.29, 1.82) is 0 Å². The summed E-state index contributed by atoms with van der Waals surface area (Å²) in [4.78, 5) is 12.1. The second-order valence-electron chi connectivity index (χ2n) is 9.34. The molecule has 0 saturated carbocycles. The maximum Gasteiger partial charge on any atom is 0.407 e. The van der Waals surface area contributed by atoms with Crippen LogP contribution in [0.2, 0.25) is 0 Å². The standard InChI is InChI=1S/C19H33NO5/c1-12(2)8-14(20-16(22)25-17(3,4)5)15(21)13-9-19(13)23-10-18(6,7)11-24-19/h9,12,14-15,21H,8,10-11H2,1-7H3,(H,20,22)/t14-,15-/m0/s1. The Bertz CT molecular complexity index is 522. The molecule has 2 atom stereocenters. The maximum absolute atomic E-state index is 12.1. The molecule has 0 aromatic rings. The number of amides is 1. The second-order valence-corrected chi connectivity index (χ2v) is 9.34. The lowest BCUT2D eigenvalue weighted by molar-refractivity contribution is -0.233. The molecule has 1 fully saturated rings. The van der Waals surface area contributed by atoms with Gasteiger partial charge in [-0.15, -0.1) is 0 Å². The van der Waals surface area contributed by atoms with Crippen LogP contribution in [0.5, 0.6) is 0 Å². The zero-order chi connectivity index (χ0) is 19.0. The summed E-state index contributed by atoms with van der Waals surface area (Å²) in [6, 6.07) is -0.456. The van der Waals surface area contributed by atoms with Crippen LogP contribution >= 0.6 is 0 Å². The molecule has 144 valence electrons. The molecule has 1 heterocycles. The first-order chi connectivity index (χ1) is 11.3. The lowest BCUT2D eigenvalue weighted by atomic mass is 9.94. The van der Waals surface area contributed by atoms with Crippen LogP contribution in [0.15, 0.2) is 11.6 Å². The van der Waals surface area contributed by atoms with E-state index in [9.17, 15) is 9.90 Å². The molecule has 6 heteroatoms. The predicted octanol–water partition coefficient (Wildman–Crippen LogP) is 3.00. The quantitative estimate of drug-likeness (QED) is 0.742. The van der Waals surface area contributed by atoms with Gasteiger partial charge in [-0.2, -0.15) is 0 Å². The molecule has 2 aliphatic rings. The molecule has 2 N–H and O–H groups in total. The highest BCUT2D eigenvalue weighted by atomic mass is 16.7. The number of carbonyl (C=O) groups excluding carboxylic acids is 1. The van der Waals surface area contributed by atoms with E-state index < -0.39 is 29.6 Å². The van der Waals surface area contributed by atoms with Gasteiger partial charge in [-0.05, 0) is 39.2 Å². The Hall–Kier alpha value is -1.11. The van der Waals surface area contributed by atoms with Gasteiger partial charge >= 0.3 is 6.09 Å². The fourth-order valence-electron chi connectivity index (χ4n) is 2.85. The molecule has 0 unspecified atom stereocenters. The number of rotatable bonds is 5. The maximum atomic E-state index is 12.1. The van der Waals surface area contributed by atoms with Crippen molar-refractivity contribution in [2.24, 2.45) is 11.3 Å². The van der Waals surface area contributed by atoms with Gasteiger partial charge in [-0.1, -0.05) is 27.7 Å². The third-order valence-electron chi connectivity index (χ3n) is 4.15. The molecular formula is C19H33NO5. The van der Waals surface area contributed by atoms with Crippen LogP contribution in [-0.4, -0.2) is 47.9 Å². The van der Waals surface area contributed by atoms with E-state index in [1.54, 1.807) is 6.08 Å². The SMILES string of the molecule is CC(C)C[C@H](NC(=O)OC(C)(C)C)[C@@H](O)C1=CC12OCC(C)(C)CO2. The fourth-order valence-corrected chi connectivity index (χ4v) is 2.85. The Kier molecular flexibility index (Phi) is 5.57. The highest BCUT2D eigenvalue weighted by molar-refractivity contribution is 5.68. The largest absolute Gasteiger partial charge is 0.444 e. The molecule has 1 aliphatic carbocycles. The van der Waals surface area contributed by atoms with E-state index in [2.05, 4.69) is 19.2 Å². The van der Waals surface area contributed by atoms with Crippen LogP contribution in [0, 0.1) is 11.3 Å². The average molecular weight is 355 g/mol. The summed E-state index contributed by atoms with van der Waals surface area (Å²) >= 11 is 0. The van der Waals surface area contributed by atoms with Gasteiger partial charge in [-0.3, -0.25) is 0 Å². The summed E-state index contributed by atoms with van der Waals surface area (Å²) in [5, 5.41) is 13.6. The monoisotopic (exact) mass is 355 g/mol. The molecule has 0 radical (unpaired) electrons. The zero-order valence-corrected chi connectivity index (χ0v) is 16.5. The molecule has 1 aliphatic heterocycles. The molecule has 1 spiro atoms. The van der Waals surface area contributed by atoms with E-state index in [1.165, 1.54) is 0 Å². The molecule has 1 amide bonds. The Balaban J connectivity index is 1.99. The van der Waals surface area contributed by atoms with Gasteiger partial charge in [0, 0.05) is 11.0 Å². The first-order valence-electron chi connectivity index (χ1n) is 9.02. The number of alkyl carbamates (subject to hydrolysis) is 1. The van der Waals surface area contributed by atoms with Gasteiger partial charge in [-0.25, -0.2) is 4.79 Å². The summed E-state index contributed by atoms with van der Waals surface area (Å²) in [5.74, 6) is -0.586. The summed E-state index contributed by atoms with van der Waals surface area (Å²) in [6.45, 7) is 14.8. The summed E-state index contributed by atoms with van der Waals surface area (Å²) in [6.07, 6.45) is 1.03. The third-order valence-corrected chi connectivity index (χ3v) is 4.15. The van der Waals surface area contributed by atoms with Crippen LogP contribution in [0.3, 0.4) is 0 Å². The molecule has 1 saturated heterocycles. The van der Waals surface area contributed by atoms with E-state index in [-0.39, 0.29) is 5.41 Å². The van der Waals surface area contributed by atoms with Crippen molar-refractivity contribution >= 4 is 6.09 Å². The number of ether oxygens (including phenoxy) is 3. The first-order valence-corrected chi connectivity index (χ1v) is 9.02. The van der Waals surface area contributed by atoms with Crippen molar-refractivity contribution in [3.63, 3.8) is 0 Å². The van der Waals surface area contributed by atoms with Gasteiger partial charge in [0.15, 0.2) is 0 Å². The lowest BCUT2D eigenvalue weighted by Crippen LogP contribution is -2.48. The predicted molar refractivity (Wildman–Crippen MR) is 95.1 cm³/mol. The third kappa shape index (κ3) is 5.43. The Morgan fingerprint density at radius 3 is 2.36 bits per heavy atom. The normalized spacial score (nSPS) is 23.8. The topological polar surface area (TPSA) is 77.0 Å². The molecule has 0 aromatic carbocycles. The van der Waals surface area contributed by atoms with Gasteiger partial charge < -0.3 is 24.6 Å². The van der Waals surface area contributed by atoms with Gasteiger partial charge in [0.2, 0.25) is 5.79 Å². The van der Waals surface area contributed by atoms with Crippen molar-refractivity contribution in [1.82, 2.24) is 5.32 Å². The van der Waals surface area contributed by atoms with Gasteiger partial charge in [0.05, 0.1) is 19.3 Å².